The van der Waals surface area contributed by atoms with Crippen molar-refractivity contribution in [2.75, 3.05) is 45.6 Å². The maximum Gasteiger partial charge on any atom is 0.416 e. The lowest BCUT2D eigenvalue weighted by atomic mass is 9.81. The van der Waals surface area contributed by atoms with Gasteiger partial charge in [0.25, 0.3) is 0 Å². The third-order valence-corrected chi connectivity index (χ3v) is 5.47. The molecule has 1 heterocycles. The Labute approximate surface area is 175 Å². The minimum atomic E-state index is -4.46. The van der Waals surface area contributed by atoms with Gasteiger partial charge in [0.15, 0.2) is 0 Å². The SMILES string of the molecule is CC[C@@H]1CN(C(=O)Nc2cccc(C(F)(F)F)c2)CC[C@H]1CC(=O)NCCN(C)C. The fourth-order valence-electron chi connectivity index (χ4n) is 3.70. The van der Waals surface area contributed by atoms with E-state index < -0.39 is 17.8 Å². The van der Waals surface area contributed by atoms with Crippen molar-refractivity contribution in [3.63, 3.8) is 0 Å². The first kappa shape index (κ1) is 24.0. The maximum atomic E-state index is 12.9. The molecule has 168 valence electrons. The van der Waals surface area contributed by atoms with Crippen molar-refractivity contribution in [1.82, 2.24) is 15.1 Å². The summed E-state index contributed by atoms with van der Waals surface area (Å²) in [7, 11) is 3.89. The van der Waals surface area contributed by atoms with Crippen LogP contribution in [0, 0.1) is 11.8 Å². The predicted molar refractivity (Wildman–Crippen MR) is 110 cm³/mol. The molecule has 1 saturated heterocycles. The number of hydrogen-bond acceptors (Lipinski definition) is 3. The Morgan fingerprint density at radius 3 is 2.60 bits per heavy atom. The number of amides is 3. The zero-order valence-electron chi connectivity index (χ0n) is 17.8. The average molecular weight is 428 g/mol. The van der Waals surface area contributed by atoms with Gasteiger partial charge in [0, 0.05) is 38.3 Å². The van der Waals surface area contributed by atoms with Gasteiger partial charge in [-0.25, -0.2) is 4.79 Å². The Morgan fingerprint density at radius 2 is 1.97 bits per heavy atom. The number of nitrogens with zero attached hydrogens (tertiary/aromatic N) is 2. The van der Waals surface area contributed by atoms with Crippen LogP contribution in [0.15, 0.2) is 24.3 Å². The molecule has 2 N–H and O–H groups in total. The first-order chi connectivity index (χ1) is 14.1. The minimum Gasteiger partial charge on any atom is -0.355 e. The van der Waals surface area contributed by atoms with E-state index in [1.165, 1.54) is 12.1 Å². The second-order valence-electron chi connectivity index (χ2n) is 8.03. The quantitative estimate of drug-likeness (QED) is 0.697. The molecule has 0 aromatic heterocycles. The van der Waals surface area contributed by atoms with Gasteiger partial charge in [-0.2, -0.15) is 13.2 Å². The summed E-state index contributed by atoms with van der Waals surface area (Å²) in [4.78, 5) is 28.4. The van der Waals surface area contributed by atoms with Crippen LogP contribution in [-0.4, -0.2) is 62.0 Å². The molecule has 30 heavy (non-hydrogen) atoms. The number of anilines is 1. The number of carbonyl (C=O) groups is 2. The Bertz CT molecular complexity index is 724. The van der Waals surface area contributed by atoms with E-state index in [4.69, 9.17) is 0 Å². The van der Waals surface area contributed by atoms with Crippen molar-refractivity contribution in [1.29, 1.82) is 0 Å². The van der Waals surface area contributed by atoms with Gasteiger partial charge >= 0.3 is 12.2 Å². The van der Waals surface area contributed by atoms with Crippen molar-refractivity contribution in [2.24, 2.45) is 11.8 Å². The standard InChI is InChI=1S/C21H31F3N4O2/c1-4-15-14-28(10-8-16(15)12-19(29)25-9-11-27(2)3)20(30)26-18-7-5-6-17(13-18)21(22,23)24/h5-7,13,15-16H,4,8-12,14H2,1-3H3,(H,25,29)(H,26,30)/t15-,16+/m1/s1. The second kappa shape index (κ2) is 10.7. The molecule has 1 aromatic carbocycles. The van der Waals surface area contributed by atoms with Crippen LogP contribution in [0.3, 0.4) is 0 Å². The highest BCUT2D eigenvalue weighted by atomic mass is 19.4. The molecule has 0 spiro atoms. The van der Waals surface area contributed by atoms with E-state index in [0.29, 0.717) is 32.5 Å². The van der Waals surface area contributed by atoms with E-state index in [0.717, 1.165) is 25.1 Å². The van der Waals surface area contributed by atoms with Crippen LogP contribution in [0.25, 0.3) is 0 Å². The number of rotatable bonds is 7. The summed E-state index contributed by atoms with van der Waals surface area (Å²) in [6.45, 7) is 4.35. The molecule has 0 saturated carbocycles. The summed E-state index contributed by atoms with van der Waals surface area (Å²) in [6, 6.07) is 4.20. The fourth-order valence-corrected chi connectivity index (χ4v) is 3.70. The molecule has 2 atom stereocenters. The molecule has 3 amide bonds. The molecule has 1 fully saturated rings. The van der Waals surface area contributed by atoms with Crippen LogP contribution < -0.4 is 10.6 Å². The normalized spacial score (nSPS) is 19.6. The van der Waals surface area contributed by atoms with Gasteiger partial charge in [-0.3, -0.25) is 4.79 Å². The van der Waals surface area contributed by atoms with Crippen LogP contribution in [0.1, 0.15) is 31.7 Å². The maximum absolute atomic E-state index is 12.9. The molecule has 2 rings (SSSR count). The molecule has 9 heteroatoms. The predicted octanol–water partition coefficient (Wildman–Crippen LogP) is 3.65. The first-order valence-corrected chi connectivity index (χ1v) is 10.2. The fraction of sp³-hybridized carbons (Fsp3) is 0.619. The number of likely N-dealkylation sites (tertiary alicyclic amines) is 1. The molecular formula is C21H31F3N4O2. The van der Waals surface area contributed by atoms with E-state index in [2.05, 4.69) is 10.6 Å². The van der Waals surface area contributed by atoms with Gasteiger partial charge in [0.2, 0.25) is 5.91 Å². The Morgan fingerprint density at radius 1 is 1.23 bits per heavy atom. The van der Waals surface area contributed by atoms with Gasteiger partial charge in [-0.1, -0.05) is 19.4 Å². The summed E-state index contributed by atoms with van der Waals surface area (Å²) in [5.74, 6) is 0.375. The summed E-state index contributed by atoms with van der Waals surface area (Å²) < 4.78 is 38.6. The van der Waals surface area contributed by atoms with E-state index >= 15 is 0 Å². The molecule has 0 unspecified atom stereocenters. The lowest BCUT2D eigenvalue weighted by Gasteiger charge is -2.38. The van der Waals surface area contributed by atoms with Crippen molar-refractivity contribution < 1.29 is 22.8 Å². The van der Waals surface area contributed by atoms with Crippen LogP contribution in [0.5, 0.6) is 0 Å². The summed E-state index contributed by atoms with van der Waals surface area (Å²) in [6.07, 6.45) is -2.52. The molecular weight excluding hydrogens is 397 g/mol. The van der Waals surface area contributed by atoms with Crippen LogP contribution in [0.4, 0.5) is 23.7 Å². The van der Waals surface area contributed by atoms with Crippen LogP contribution >= 0.6 is 0 Å². The van der Waals surface area contributed by atoms with Crippen molar-refractivity contribution in [3.8, 4) is 0 Å². The smallest absolute Gasteiger partial charge is 0.355 e. The monoisotopic (exact) mass is 428 g/mol. The third-order valence-electron chi connectivity index (χ3n) is 5.47. The van der Waals surface area contributed by atoms with Gasteiger partial charge in [0.05, 0.1) is 5.56 Å². The highest BCUT2D eigenvalue weighted by Gasteiger charge is 2.33. The number of carbonyl (C=O) groups excluding carboxylic acids is 2. The number of halogens is 3. The zero-order valence-corrected chi connectivity index (χ0v) is 17.8. The molecule has 0 radical (unpaired) electrons. The van der Waals surface area contributed by atoms with Crippen LogP contribution in [0.2, 0.25) is 0 Å². The molecule has 6 nitrogen and oxygen atoms in total. The minimum absolute atomic E-state index is 0.0159. The van der Waals surface area contributed by atoms with Gasteiger partial charge in [0.1, 0.15) is 0 Å². The Balaban J connectivity index is 1.89. The largest absolute Gasteiger partial charge is 0.416 e. The Hall–Kier alpha value is -2.29. The van der Waals surface area contributed by atoms with Crippen molar-refractivity contribution in [2.45, 2.75) is 32.4 Å². The summed E-state index contributed by atoms with van der Waals surface area (Å²) in [5.41, 5.74) is -0.684. The molecule has 1 aliphatic rings. The molecule has 0 bridgehead atoms. The number of alkyl halides is 3. The van der Waals surface area contributed by atoms with Crippen molar-refractivity contribution in [3.05, 3.63) is 29.8 Å². The topological polar surface area (TPSA) is 64.7 Å². The van der Waals surface area contributed by atoms with E-state index in [1.807, 2.05) is 25.9 Å². The average Bonchev–Trinajstić information content (AvgIpc) is 2.67. The second-order valence-corrected chi connectivity index (χ2v) is 8.03. The number of urea groups is 1. The molecule has 1 aliphatic heterocycles. The summed E-state index contributed by atoms with van der Waals surface area (Å²) >= 11 is 0. The molecule has 1 aromatic rings. The lowest BCUT2D eigenvalue weighted by Crippen LogP contribution is -2.46. The third kappa shape index (κ3) is 7.19. The van der Waals surface area contributed by atoms with Gasteiger partial charge < -0.3 is 20.4 Å². The number of nitrogens with one attached hydrogen (secondary N) is 2. The first-order valence-electron chi connectivity index (χ1n) is 10.2. The number of benzene rings is 1. The highest BCUT2D eigenvalue weighted by Crippen LogP contribution is 2.32. The summed E-state index contributed by atoms with van der Waals surface area (Å²) in [5, 5.41) is 5.49. The van der Waals surface area contributed by atoms with E-state index in [1.54, 1.807) is 4.90 Å². The van der Waals surface area contributed by atoms with Crippen LogP contribution in [-0.2, 0) is 11.0 Å². The number of piperidine rings is 1. The molecule has 0 aliphatic carbocycles. The van der Waals surface area contributed by atoms with E-state index in [9.17, 15) is 22.8 Å². The number of hydrogen-bond donors (Lipinski definition) is 2. The van der Waals surface area contributed by atoms with Gasteiger partial charge in [-0.15, -0.1) is 0 Å². The highest BCUT2D eigenvalue weighted by molar-refractivity contribution is 5.89. The van der Waals surface area contributed by atoms with Crippen molar-refractivity contribution >= 4 is 17.6 Å². The number of likely N-dealkylation sites (N-methyl/N-ethyl adjacent to an activating group) is 1. The van der Waals surface area contributed by atoms with E-state index in [-0.39, 0.29) is 23.4 Å². The van der Waals surface area contributed by atoms with Gasteiger partial charge in [-0.05, 0) is 50.6 Å². The lowest BCUT2D eigenvalue weighted by molar-refractivity contribution is -0.137. The zero-order chi connectivity index (χ0) is 22.3. The Kier molecular flexibility index (Phi) is 8.52.